The van der Waals surface area contributed by atoms with E-state index in [2.05, 4.69) is 10.3 Å². The van der Waals surface area contributed by atoms with Crippen LogP contribution in [0.4, 0.5) is 0 Å². The molecule has 0 unspecified atom stereocenters. The molecular formula is C17H22N2O2. The summed E-state index contributed by atoms with van der Waals surface area (Å²) in [5.74, 6) is 0.889. The monoisotopic (exact) mass is 286 g/mol. The third-order valence-electron chi connectivity index (χ3n) is 4.10. The number of fused-ring (bicyclic) bond motifs is 1. The second kappa shape index (κ2) is 6.74. The number of nitrogens with zero attached hydrogens (tertiary/aromatic N) is 1. The SMILES string of the molecule is O=C(CCCc1nc2ccccc2o1)NC1CCCCC1. The minimum absolute atomic E-state index is 0.165. The molecule has 1 aromatic heterocycles. The molecule has 0 bridgehead atoms. The number of hydrogen-bond donors (Lipinski definition) is 1. The van der Waals surface area contributed by atoms with E-state index in [1.807, 2.05) is 24.3 Å². The molecular weight excluding hydrogens is 264 g/mol. The molecule has 112 valence electrons. The molecule has 1 aliphatic carbocycles. The summed E-state index contributed by atoms with van der Waals surface area (Å²) in [6.45, 7) is 0. The number of para-hydroxylation sites is 2. The Labute approximate surface area is 124 Å². The van der Waals surface area contributed by atoms with Crippen molar-refractivity contribution < 1.29 is 9.21 Å². The molecule has 4 heteroatoms. The third-order valence-corrected chi connectivity index (χ3v) is 4.10. The number of carbonyl (C=O) groups is 1. The summed E-state index contributed by atoms with van der Waals surface area (Å²) < 4.78 is 5.66. The fourth-order valence-corrected chi connectivity index (χ4v) is 2.97. The Morgan fingerprint density at radius 1 is 1.24 bits per heavy atom. The maximum Gasteiger partial charge on any atom is 0.220 e. The summed E-state index contributed by atoms with van der Waals surface area (Å²) in [6, 6.07) is 8.15. The van der Waals surface area contributed by atoms with E-state index in [0.29, 0.717) is 18.9 Å². The van der Waals surface area contributed by atoms with Gasteiger partial charge < -0.3 is 9.73 Å². The number of hydrogen-bond acceptors (Lipinski definition) is 3. The number of carbonyl (C=O) groups excluding carboxylic acids is 1. The van der Waals surface area contributed by atoms with Gasteiger partial charge >= 0.3 is 0 Å². The highest BCUT2D eigenvalue weighted by atomic mass is 16.3. The zero-order valence-corrected chi connectivity index (χ0v) is 12.3. The molecule has 1 amide bonds. The van der Waals surface area contributed by atoms with Crippen molar-refractivity contribution in [3.63, 3.8) is 0 Å². The highest BCUT2D eigenvalue weighted by molar-refractivity contribution is 5.76. The minimum Gasteiger partial charge on any atom is -0.441 e. The van der Waals surface area contributed by atoms with E-state index in [0.717, 1.165) is 36.3 Å². The Balaban J connectivity index is 1.43. The molecule has 1 aromatic carbocycles. The fraction of sp³-hybridized carbons (Fsp3) is 0.529. The van der Waals surface area contributed by atoms with E-state index in [1.54, 1.807) is 0 Å². The van der Waals surface area contributed by atoms with Crippen LogP contribution in [-0.4, -0.2) is 16.9 Å². The lowest BCUT2D eigenvalue weighted by atomic mass is 9.95. The van der Waals surface area contributed by atoms with Gasteiger partial charge in [0, 0.05) is 18.9 Å². The molecule has 0 atom stereocenters. The van der Waals surface area contributed by atoms with E-state index in [1.165, 1.54) is 19.3 Å². The highest BCUT2D eigenvalue weighted by Crippen LogP contribution is 2.18. The molecule has 1 aliphatic rings. The molecule has 3 rings (SSSR count). The largest absolute Gasteiger partial charge is 0.441 e. The number of rotatable bonds is 5. The predicted molar refractivity (Wildman–Crippen MR) is 82.0 cm³/mol. The smallest absolute Gasteiger partial charge is 0.220 e. The van der Waals surface area contributed by atoms with Gasteiger partial charge in [-0.1, -0.05) is 31.4 Å². The first-order valence-electron chi connectivity index (χ1n) is 7.95. The number of benzene rings is 1. The minimum atomic E-state index is 0.165. The lowest BCUT2D eigenvalue weighted by molar-refractivity contribution is -0.122. The fourth-order valence-electron chi connectivity index (χ4n) is 2.97. The van der Waals surface area contributed by atoms with Crippen LogP contribution in [0.1, 0.15) is 50.8 Å². The van der Waals surface area contributed by atoms with Crippen molar-refractivity contribution in [1.82, 2.24) is 10.3 Å². The van der Waals surface area contributed by atoms with Crippen molar-refractivity contribution in [2.45, 2.75) is 57.4 Å². The van der Waals surface area contributed by atoms with Crippen molar-refractivity contribution in [3.8, 4) is 0 Å². The zero-order chi connectivity index (χ0) is 14.5. The summed E-state index contributed by atoms with van der Waals surface area (Å²) in [5.41, 5.74) is 1.71. The van der Waals surface area contributed by atoms with Gasteiger partial charge in [-0.3, -0.25) is 4.79 Å². The first-order chi connectivity index (χ1) is 10.3. The van der Waals surface area contributed by atoms with Gasteiger partial charge in [0.1, 0.15) is 5.52 Å². The third kappa shape index (κ3) is 3.84. The van der Waals surface area contributed by atoms with Crippen LogP contribution < -0.4 is 5.32 Å². The van der Waals surface area contributed by atoms with Crippen LogP contribution >= 0.6 is 0 Å². The van der Waals surface area contributed by atoms with E-state index in [9.17, 15) is 4.79 Å². The molecule has 4 nitrogen and oxygen atoms in total. The van der Waals surface area contributed by atoms with Crippen LogP contribution in [-0.2, 0) is 11.2 Å². The van der Waals surface area contributed by atoms with Gasteiger partial charge in [-0.15, -0.1) is 0 Å². The van der Waals surface area contributed by atoms with E-state index in [4.69, 9.17) is 4.42 Å². The maximum atomic E-state index is 11.9. The molecule has 1 N–H and O–H groups in total. The highest BCUT2D eigenvalue weighted by Gasteiger charge is 2.15. The quantitative estimate of drug-likeness (QED) is 0.913. The summed E-state index contributed by atoms with van der Waals surface area (Å²) in [6.07, 6.45) is 8.12. The van der Waals surface area contributed by atoms with Crippen LogP contribution in [0.5, 0.6) is 0 Å². The Hall–Kier alpha value is -1.84. The molecule has 1 heterocycles. The molecule has 0 saturated heterocycles. The molecule has 2 aromatic rings. The first-order valence-corrected chi connectivity index (χ1v) is 7.95. The second-order valence-corrected chi connectivity index (χ2v) is 5.83. The average molecular weight is 286 g/mol. The van der Waals surface area contributed by atoms with Crippen LogP contribution in [0.25, 0.3) is 11.1 Å². The number of aromatic nitrogens is 1. The van der Waals surface area contributed by atoms with Crippen molar-refractivity contribution in [2.75, 3.05) is 0 Å². The summed E-state index contributed by atoms with van der Waals surface area (Å²) in [7, 11) is 0. The molecule has 0 aliphatic heterocycles. The Bertz CT molecular complexity index is 567. The van der Waals surface area contributed by atoms with Gasteiger partial charge in [0.15, 0.2) is 11.5 Å². The number of oxazole rings is 1. The lowest BCUT2D eigenvalue weighted by Gasteiger charge is -2.22. The van der Waals surface area contributed by atoms with Gasteiger partial charge in [-0.05, 0) is 31.4 Å². The Morgan fingerprint density at radius 2 is 2.05 bits per heavy atom. The lowest BCUT2D eigenvalue weighted by Crippen LogP contribution is -2.36. The molecule has 0 radical (unpaired) electrons. The van der Waals surface area contributed by atoms with Gasteiger partial charge in [0.2, 0.25) is 5.91 Å². The standard InChI is InChI=1S/C17H22N2O2/c20-16(18-13-7-2-1-3-8-13)11-6-12-17-19-14-9-4-5-10-15(14)21-17/h4-5,9-10,13H,1-3,6-8,11-12H2,(H,18,20). The van der Waals surface area contributed by atoms with Crippen molar-refractivity contribution in [1.29, 1.82) is 0 Å². The van der Waals surface area contributed by atoms with Gasteiger partial charge in [0.05, 0.1) is 0 Å². The summed E-state index contributed by atoms with van der Waals surface area (Å²) >= 11 is 0. The topological polar surface area (TPSA) is 55.1 Å². The first kappa shape index (κ1) is 14.1. The molecule has 21 heavy (non-hydrogen) atoms. The normalized spacial score (nSPS) is 16.2. The summed E-state index contributed by atoms with van der Waals surface area (Å²) in [4.78, 5) is 16.3. The molecule has 1 saturated carbocycles. The van der Waals surface area contributed by atoms with Crippen LogP contribution in [0, 0.1) is 0 Å². The van der Waals surface area contributed by atoms with Crippen LogP contribution in [0.2, 0.25) is 0 Å². The van der Waals surface area contributed by atoms with Crippen molar-refractivity contribution in [3.05, 3.63) is 30.2 Å². The van der Waals surface area contributed by atoms with Gasteiger partial charge in [-0.2, -0.15) is 0 Å². The maximum absolute atomic E-state index is 11.9. The number of nitrogens with one attached hydrogen (secondary N) is 1. The molecule has 1 fully saturated rings. The number of aryl methyl sites for hydroxylation is 1. The second-order valence-electron chi connectivity index (χ2n) is 5.83. The van der Waals surface area contributed by atoms with E-state index >= 15 is 0 Å². The van der Waals surface area contributed by atoms with E-state index < -0.39 is 0 Å². The zero-order valence-electron chi connectivity index (χ0n) is 12.3. The van der Waals surface area contributed by atoms with Crippen LogP contribution in [0.3, 0.4) is 0 Å². The van der Waals surface area contributed by atoms with Gasteiger partial charge in [0.25, 0.3) is 0 Å². The van der Waals surface area contributed by atoms with Crippen molar-refractivity contribution >= 4 is 17.0 Å². The Morgan fingerprint density at radius 3 is 2.86 bits per heavy atom. The van der Waals surface area contributed by atoms with Gasteiger partial charge in [-0.25, -0.2) is 4.98 Å². The van der Waals surface area contributed by atoms with Crippen LogP contribution in [0.15, 0.2) is 28.7 Å². The van der Waals surface area contributed by atoms with E-state index in [-0.39, 0.29) is 5.91 Å². The number of amides is 1. The Kier molecular flexibility index (Phi) is 4.53. The average Bonchev–Trinajstić information content (AvgIpc) is 2.91. The summed E-state index contributed by atoms with van der Waals surface area (Å²) in [5, 5.41) is 3.14. The predicted octanol–water partition coefficient (Wildman–Crippen LogP) is 3.60. The van der Waals surface area contributed by atoms with Crippen molar-refractivity contribution in [2.24, 2.45) is 0 Å². The molecule has 0 spiro atoms.